The second-order valence-corrected chi connectivity index (χ2v) is 5.19. The number of pyridine rings is 1. The second-order valence-electron chi connectivity index (χ2n) is 5.19. The molecule has 4 aromatic rings. The fourth-order valence-electron chi connectivity index (χ4n) is 2.61. The van der Waals surface area contributed by atoms with Crippen LogP contribution in [0.15, 0.2) is 66.9 Å². The van der Waals surface area contributed by atoms with Crippen LogP contribution in [0.3, 0.4) is 0 Å². The molecular formula is C19H12N4. The van der Waals surface area contributed by atoms with Crippen molar-refractivity contribution < 1.29 is 0 Å². The van der Waals surface area contributed by atoms with Crippen molar-refractivity contribution in [2.75, 3.05) is 0 Å². The number of hydrogen-bond donors (Lipinski definition) is 1. The molecule has 4 nitrogen and oxygen atoms in total. The third-order valence-electron chi connectivity index (χ3n) is 3.74. The SMILES string of the molecule is N#Cc1ccc(-c2ncccc2-c2nc3ccccc3[nH]2)cc1. The van der Waals surface area contributed by atoms with Gasteiger partial charge < -0.3 is 4.98 Å². The first-order chi connectivity index (χ1) is 11.3. The molecule has 0 aliphatic rings. The summed E-state index contributed by atoms with van der Waals surface area (Å²) >= 11 is 0. The average molecular weight is 296 g/mol. The quantitative estimate of drug-likeness (QED) is 0.604. The van der Waals surface area contributed by atoms with E-state index in [-0.39, 0.29) is 0 Å². The van der Waals surface area contributed by atoms with E-state index in [2.05, 4.69) is 21.0 Å². The van der Waals surface area contributed by atoms with Crippen LogP contribution in [-0.2, 0) is 0 Å². The third-order valence-corrected chi connectivity index (χ3v) is 3.74. The topological polar surface area (TPSA) is 65.4 Å². The number of H-pyrrole nitrogens is 1. The van der Waals surface area contributed by atoms with Gasteiger partial charge in [0.15, 0.2) is 0 Å². The molecule has 108 valence electrons. The maximum Gasteiger partial charge on any atom is 0.140 e. The lowest BCUT2D eigenvalue weighted by atomic mass is 10.0. The van der Waals surface area contributed by atoms with E-state index in [0.29, 0.717) is 5.56 Å². The molecule has 0 bridgehead atoms. The van der Waals surface area contributed by atoms with E-state index in [9.17, 15) is 0 Å². The van der Waals surface area contributed by atoms with Gasteiger partial charge in [0.05, 0.1) is 28.4 Å². The van der Waals surface area contributed by atoms with Gasteiger partial charge in [-0.15, -0.1) is 0 Å². The number of benzene rings is 2. The minimum absolute atomic E-state index is 0.634. The Balaban J connectivity index is 1.87. The van der Waals surface area contributed by atoms with Gasteiger partial charge >= 0.3 is 0 Å². The lowest BCUT2D eigenvalue weighted by Gasteiger charge is -2.06. The number of nitriles is 1. The first-order valence-electron chi connectivity index (χ1n) is 7.26. The molecule has 0 fully saturated rings. The highest BCUT2D eigenvalue weighted by Gasteiger charge is 2.12. The van der Waals surface area contributed by atoms with Crippen LogP contribution in [0.5, 0.6) is 0 Å². The molecule has 2 aromatic heterocycles. The first kappa shape index (κ1) is 13.2. The minimum Gasteiger partial charge on any atom is -0.338 e. The highest BCUT2D eigenvalue weighted by Crippen LogP contribution is 2.29. The van der Waals surface area contributed by atoms with Gasteiger partial charge in [0.25, 0.3) is 0 Å². The lowest BCUT2D eigenvalue weighted by Crippen LogP contribution is -1.90. The van der Waals surface area contributed by atoms with E-state index >= 15 is 0 Å². The Bertz CT molecular complexity index is 990. The molecule has 0 aliphatic heterocycles. The minimum atomic E-state index is 0.634. The Labute approximate surface area is 133 Å². The molecule has 0 aliphatic carbocycles. The Hall–Kier alpha value is -3.45. The van der Waals surface area contributed by atoms with Gasteiger partial charge in [-0.3, -0.25) is 4.98 Å². The molecule has 2 aromatic carbocycles. The van der Waals surface area contributed by atoms with E-state index in [0.717, 1.165) is 33.7 Å². The van der Waals surface area contributed by atoms with Crippen LogP contribution < -0.4 is 0 Å². The maximum absolute atomic E-state index is 8.93. The monoisotopic (exact) mass is 296 g/mol. The molecule has 0 radical (unpaired) electrons. The highest BCUT2D eigenvalue weighted by molar-refractivity contribution is 5.84. The third kappa shape index (κ3) is 2.34. The molecule has 2 heterocycles. The van der Waals surface area contributed by atoms with E-state index in [1.165, 1.54) is 0 Å². The number of rotatable bonds is 2. The molecule has 0 spiro atoms. The smallest absolute Gasteiger partial charge is 0.140 e. The number of nitrogens with one attached hydrogen (secondary N) is 1. The summed E-state index contributed by atoms with van der Waals surface area (Å²) in [7, 11) is 0. The fourth-order valence-corrected chi connectivity index (χ4v) is 2.61. The molecule has 0 saturated carbocycles. The van der Waals surface area contributed by atoms with E-state index in [1.54, 1.807) is 18.3 Å². The molecule has 0 atom stereocenters. The van der Waals surface area contributed by atoms with Crippen molar-refractivity contribution in [1.29, 1.82) is 5.26 Å². The van der Waals surface area contributed by atoms with Crippen molar-refractivity contribution in [3.8, 4) is 28.7 Å². The predicted octanol–water partition coefficient (Wildman–Crippen LogP) is 4.16. The molecule has 0 unspecified atom stereocenters. The number of imidazole rings is 1. The van der Waals surface area contributed by atoms with Crippen LogP contribution in [0.25, 0.3) is 33.7 Å². The molecule has 23 heavy (non-hydrogen) atoms. The van der Waals surface area contributed by atoms with Crippen LogP contribution in [0.1, 0.15) is 5.56 Å². The number of fused-ring (bicyclic) bond motifs is 1. The Kier molecular flexibility index (Phi) is 3.10. The van der Waals surface area contributed by atoms with E-state index in [1.807, 2.05) is 48.5 Å². The van der Waals surface area contributed by atoms with Crippen molar-refractivity contribution in [3.63, 3.8) is 0 Å². The second kappa shape index (κ2) is 5.39. The van der Waals surface area contributed by atoms with Gasteiger partial charge in [0.2, 0.25) is 0 Å². The fraction of sp³-hybridized carbons (Fsp3) is 0. The average Bonchev–Trinajstić information content (AvgIpc) is 3.06. The van der Waals surface area contributed by atoms with Crippen LogP contribution in [-0.4, -0.2) is 15.0 Å². The lowest BCUT2D eigenvalue weighted by molar-refractivity contribution is 1.27. The van der Waals surface area contributed by atoms with Gasteiger partial charge in [-0.1, -0.05) is 24.3 Å². The van der Waals surface area contributed by atoms with Crippen LogP contribution in [0, 0.1) is 11.3 Å². The van der Waals surface area contributed by atoms with Gasteiger partial charge in [-0.2, -0.15) is 5.26 Å². The summed E-state index contributed by atoms with van der Waals surface area (Å²) in [6.45, 7) is 0. The number of aromatic nitrogens is 3. The normalized spacial score (nSPS) is 10.6. The molecule has 4 rings (SSSR count). The van der Waals surface area contributed by atoms with Crippen molar-refractivity contribution >= 4 is 11.0 Å². The zero-order valence-corrected chi connectivity index (χ0v) is 12.2. The Morgan fingerprint density at radius 2 is 1.74 bits per heavy atom. The molecule has 0 amide bonds. The zero-order chi connectivity index (χ0) is 15.6. The van der Waals surface area contributed by atoms with Gasteiger partial charge in [-0.25, -0.2) is 4.98 Å². The summed E-state index contributed by atoms with van der Waals surface area (Å²) in [4.78, 5) is 12.5. The Morgan fingerprint density at radius 1 is 0.913 bits per heavy atom. The molecule has 4 heteroatoms. The summed E-state index contributed by atoms with van der Waals surface area (Å²) in [5.74, 6) is 0.790. The zero-order valence-electron chi connectivity index (χ0n) is 12.2. The summed E-state index contributed by atoms with van der Waals surface area (Å²) in [6, 6.07) is 21.4. The summed E-state index contributed by atoms with van der Waals surface area (Å²) in [5, 5.41) is 8.93. The summed E-state index contributed by atoms with van der Waals surface area (Å²) in [6.07, 6.45) is 1.76. The molecule has 1 N–H and O–H groups in total. The van der Waals surface area contributed by atoms with E-state index in [4.69, 9.17) is 5.26 Å². The maximum atomic E-state index is 8.93. The van der Waals surface area contributed by atoms with Gasteiger partial charge in [-0.05, 0) is 36.4 Å². The largest absolute Gasteiger partial charge is 0.338 e. The number of para-hydroxylation sites is 2. The predicted molar refractivity (Wildman–Crippen MR) is 89.5 cm³/mol. The summed E-state index contributed by atoms with van der Waals surface area (Å²) in [5.41, 5.74) is 5.30. The number of hydrogen-bond acceptors (Lipinski definition) is 3. The van der Waals surface area contributed by atoms with Crippen LogP contribution in [0.4, 0.5) is 0 Å². The summed E-state index contributed by atoms with van der Waals surface area (Å²) < 4.78 is 0. The number of aromatic amines is 1. The van der Waals surface area contributed by atoms with E-state index < -0.39 is 0 Å². The highest BCUT2D eigenvalue weighted by atomic mass is 14.9. The van der Waals surface area contributed by atoms with Crippen molar-refractivity contribution in [2.24, 2.45) is 0 Å². The standard InChI is InChI=1S/C19H12N4/c20-12-13-7-9-14(10-8-13)18-15(4-3-11-21-18)19-22-16-5-1-2-6-17(16)23-19/h1-11H,(H,22,23). The van der Waals surface area contributed by atoms with Gasteiger partial charge in [0.1, 0.15) is 5.82 Å². The van der Waals surface area contributed by atoms with Crippen molar-refractivity contribution in [3.05, 3.63) is 72.4 Å². The van der Waals surface area contributed by atoms with Crippen molar-refractivity contribution in [1.82, 2.24) is 15.0 Å². The van der Waals surface area contributed by atoms with Crippen LogP contribution in [0.2, 0.25) is 0 Å². The number of nitrogens with zero attached hydrogens (tertiary/aromatic N) is 3. The Morgan fingerprint density at radius 3 is 2.52 bits per heavy atom. The molecular weight excluding hydrogens is 284 g/mol. The molecule has 0 saturated heterocycles. The van der Waals surface area contributed by atoms with Crippen molar-refractivity contribution in [2.45, 2.75) is 0 Å². The van der Waals surface area contributed by atoms with Crippen LogP contribution >= 0.6 is 0 Å². The first-order valence-corrected chi connectivity index (χ1v) is 7.26. The van der Waals surface area contributed by atoms with Gasteiger partial charge in [0, 0.05) is 17.3 Å².